The Morgan fingerprint density at radius 1 is 0.727 bits per heavy atom. The van der Waals surface area contributed by atoms with E-state index in [0.717, 1.165) is 16.7 Å². The Balaban J connectivity index is 1.84. The molecule has 1 N–H and O–H groups in total. The van der Waals surface area contributed by atoms with Crippen LogP contribution in [0.2, 0.25) is 0 Å². The lowest BCUT2D eigenvalue weighted by molar-refractivity contribution is 0.0696. The van der Waals surface area contributed by atoms with Crippen molar-refractivity contribution in [3.63, 3.8) is 0 Å². The summed E-state index contributed by atoms with van der Waals surface area (Å²) in [6.07, 6.45) is 0.623. The van der Waals surface area contributed by atoms with E-state index in [2.05, 4.69) is 36.4 Å². The van der Waals surface area contributed by atoms with Gasteiger partial charge in [-0.05, 0) is 34.7 Å². The van der Waals surface area contributed by atoms with E-state index in [4.69, 9.17) is 0 Å². The quantitative estimate of drug-likeness (QED) is 0.759. The number of aromatic carboxylic acids is 1. The molecule has 0 saturated carbocycles. The zero-order chi connectivity index (χ0) is 15.4. The summed E-state index contributed by atoms with van der Waals surface area (Å²) in [7, 11) is 0. The minimum Gasteiger partial charge on any atom is -0.478 e. The zero-order valence-corrected chi connectivity index (χ0v) is 12.1. The second kappa shape index (κ2) is 6.27. The second-order valence-electron chi connectivity index (χ2n) is 5.20. The molecule has 2 nitrogen and oxygen atoms in total. The van der Waals surface area contributed by atoms with Crippen LogP contribution in [-0.2, 0) is 6.42 Å². The maximum atomic E-state index is 11.3. The van der Waals surface area contributed by atoms with Crippen LogP contribution in [0.25, 0.3) is 11.1 Å². The Hall–Kier alpha value is -2.87. The summed E-state index contributed by atoms with van der Waals surface area (Å²) in [6, 6.07) is 25.6. The number of benzene rings is 3. The van der Waals surface area contributed by atoms with Gasteiger partial charge >= 0.3 is 5.97 Å². The first-order valence-electron chi connectivity index (χ1n) is 7.19. The van der Waals surface area contributed by atoms with Gasteiger partial charge in [0.2, 0.25) is 0 Å². The van der Waals surface area contributed by atoms with Crippen LogP contribution in [0.4, 0.5) is 0 Å². The van der Waals surface area contributed by atoms with E-state index in [1.54, 1.807) is 12.1 Å². The lowest BCUT2D eigenvalue weighted by Gasteiger charge is -2.07. The fourth-order valence-corrected chi connectivity index (χ4v) is 2.55. The Bertz CT molecular complexity index is 774. The summed E-state index contributed by atoms with van der Waals surface area (Å²) in [5, 5.41) is 9.24. The molecule has 108 valence electrons. The lowest BCUT2D eigenvalue weighted by atomic mass is 9.97. The number of carboxylic acids is 1. The van der Waals surface area contributed by atoms with Crippen LogP contribution in [0.3, 0.4) is 0 Å². The molecule has 0 saturated heterocycles. The number of rotatable bonds is 4. The molecule has 0 atom stereocenters. The van der Waals surface area contributed by atoms with Crippen LogP contribution in [-0.4, -0.2) is 11.1 Å². The number of carbonyl (C=O) groups is 1. The number of hydrogen-bond donors (Lipinski definition) is 1. The van der Waals surface area contributed by atoms with Gasteiger partial charge in [0.05, 0.1) is 5.56 Å². The monoisotopic (exact) mass is 288 g/mol. The van der Waals surface area contributed by atoms with Crippen LogP contribution < -0.4 is 0 Å². The Labute approximate surface area is 129 Å². The average molecular weight is 288 g/mol. The highest BCUT2D eigenvalue weighted by Crippen LogP contribution is 2.21. The third kappa shape index (κ3) is 3.07. The van der Waals surface area contributed by atoms with Gasteiger partial charge in [-0.1, -0.05) is 72.8 Å². The van der Waals surface area contributed by atoms with E-state index >= 15 is 0 Å². The average Bonchev–Trinajstić information content (AvgIpc) is 2.57. The smallest absolute Gasteiger partial charge is 0.335 e. The highest BCUT2D eigenvalue weighted by molar-refractivity contribution is 5.89. The van der Waals surface area contributed by atoms with Crippen LogP contribution in [0.5, 0.6) is 0 Å². The fraction of sp³-hybridized carbons (Fsp3) is 0.0500. The largest absolute Gasteiger partial charge is 0.478 e. The molecule has 0 aliphatic carbocycles. The molecule has 0 unspecified atom stereocenters. The standard InChI is InChI=1S/C20H16O2/c21-20(22)19-9-5-4-8-18(19)14-15-10-12-17(13-11-15)16-6-2-1-3-7-16/h1-13H,14H2,(H,21,22). The first-order valence-corrected chi connectivity index (χ1v) is 7.19. The van der Waals surface area contributed by atoms with E-state index in [0.29, 0.717) is 12.0 Å². The van der Waals surface area contributed by atoms with Crippen molar-refractivity contribution in [2.45, 2.75) is 6.42 Å². The third-order valence-corrected chi connectivity index (χ3v) is 3.70. The number of hydrogen-bond acceptors (Lipinski definition) is 1. The van der Waals surface area contributed by atoms with E-state index in [9.17, 15) is 9.90 Å². The molecular weight excluding hydrogens is 272 g/mol. The van der Waals surface area contributed by atoms with Crippen LogP contribution >= 0.6 is 0 Å². The van der Waals surface area contributed by atoms with Crippen LogP contribution in [0.15, 0.2) is 78.9 Å². The van der Waals surface area contributed by atoms with Gasteiger partial charge in [-0.3, -0.25) is 0 Å². The maximum absolute atomic E-state index is 11.3. The van der Waals surface area contributed by atoms with Crippen molar-refractivity contribution in [2.24, 2.45) is 0 Å². The summed E-state index contributed by atoms with van der Waals surface area (Å²) < 4.78 is 0. The van der Waals surface area contributed by atoms with Gasteiger partial charge in [0, 0.05) is 0 Å². The molecule has 0 fully saturated rings. The van der Waals surface area contributed by atoms with Crippen molar-refractivity contribution in [2.75, 3.05) is 0 Å². The molecule has 2 heteroatoms. The van der Waals surface area contributed by atoms with Gasteiger partial charge in [0.25, 0.3) is 0 Å². The predicted molar refractivity (Wildman–Crippen MR) is 88.1 cm³/mol. The van der Waals surface area contributed by atoms with Crippen molar-refractivity contribution in [1.29, 1.82) is 0 Å². The highest BCUT2D eigenvalue weighted by Gasteiger charge is 2.09. The first-order chi connectivity index (χ1) is 10.7. The van der Waals surface area contributed by atoms with E-state index in [-0.39, 0.29) is 0 Å². The minimum absolute atomic E-state index is 0.370. The molecule has 0 amide bonds. The topological polar surface area (TPSA) is 37.3 Å². The van der Waals surface area contributed by atoms with Gasteiger partial charge in [-0.2, -0.15) is 0 Å². The Morgan fingerprint density at radius 3 is 2.00 bits per heavy atom. The minimum atomic E-state index is -0.878. The van der Waals surface area contributed by atoms with E-state index < -0.39 is 5.97 Å². The molecule has 0 bridgehead atoms. The van der Waals surface area contributed by atoms with Gasteiger partial charge in [-0.25, -0.2) is 4.79 Å². The molecular formula is C20H16O2. The molecule has 0 heterocycles. The Kier molecular flexibility index (Phi) is 4.01. The van der Waals surface area contributed by atoms with E-state index in [1.807, 2.05) is 30.3 Å². The molecule has 3 rings (SSSR count). The summed E-state index contributed by atoms with van der Waals surface area (Å²) in [5.74, 6) is -0.878. The molecule has 3 aromatic carbocycles. The zero-order valence-electron chi connectivity index (χ0n) is 12.1. The van der Waals surface area contributed by atoms with Gasteiger partial charge in [0.1, 0.15) is 0 Å². The molecule has 0 spiro atoms. The van der Waals surface area contributed by atoms with Crippen molar-refractivity contribution < 1.29 is 9.90 Å². The fourth-order valence-electron chi connectivity index (χ4n) is 2.55. The normalized spacial score (nSPS) is 10.4. The SMILES string of the molecule is O=C(O)c1ccccc1Cc1ccc(-c2ccccc2)cc1. The van der Waals surface area contributed by atoms with Crippen LogP contribution in [0, 0.1) is 0 Å². The van der Waals surface area contributed by atoms with Gasteiger partial charge in [-0.15, -0.1) is 0 Å². The summed E-state index contributed by atoms with van der Waals surface area (Å²) in [6.45, 7) is 0. The van der Waals surface area contributed by atoms with Crippen molar-refractivity contribution in [3.8, 4) is 11.1 Å². The molecule has 22 heavy (non-hydrogen) atoms. The predicted octanol–water partition coefficient (Wildman–Crippen LogP) is 4.64. The van der Waals surface area contributed by atoms with Crippen molar-refractivity contribution in [1.82, 2.24) is 0 Å². The first kappa shape index (κ1) is 14.1. The summed E-state index contributed by atoms with van der Waals surface area (Å²) >= 11 is 0. The molecule has 0 aromatic heterocycles. The van der Waals surface area contributed by atoms with Crippen LogP contribution in [0.1, 0.15) is 21.5 Å². The lowest BCUT2D eigenvalue weighted by Crippen LogP contribution is -2.02. The molecule has 0 aliphatic heterocycles. The maximum Gasteiger partial charge on any atom is 0.335 e. The van der Waals surface area contributed by atoms with Crippen molar-refractivity contribution in [3.05, 3.63) is 95.6 Å². The summed E-state index contributed by atoms with van der Waals surface area (Å²) in [4.78, 5) is 11.3. The Morgan fingerprint density at radius 2 is 1.32 bits per heavy atom. The van der Waals surface area contributed by atoms with Crippen molar-refractivity contribution >= 4 is 5.97 Å². The summed E-state index contributed by atoms with van der Waals surface area (Å²) in [5.41, 5.74) is 4.65. The van der Waals surface area contributed by atoms with Gasteiger partial charge in [0.15, 0.2) is 0 Å². The van der Waals surface area contributed by atoms with Gasteiger partial charge < -0.3 is 5.11 Å². The highest BCUT2D eigenvalue weighted by atomic mass is 16.4. The molecule has 3 aromatic rings. The van der Waals surface area contributed by atoms with E-state index in [1.165, 1.54) is 5.56 Å². The third-order valence-electron chi connectivity index (χ3n) is 3.70. The number of carboxylic acid groups (broad SMARTS) is 1. The molecule has 0 aliphatic rings. The molecule has 0 radical (unpaired) electrons. The second-order valence-corrected chi connectivity index (χ2v) is 5.20.